The normalized spacial score (nSPS) is 17.2. The number of aliphatic hydroxyl groups excluding tert-OH is 1. The largest absolute Gasteiger partial charge is 0.507 e. The van der Waals surface area contributed by atoms with Crippen molar-refractivity contribution in [3.05, 3.63) is 89.0 Å². The lowest BCUT2D eigenvalue weighted by molar-refractivity contribution is -0.132. The number of amides is 1. The number of Topliss-reactive ketones (excluding diaryl/α,β-unsaturated/α-hetero) is 1. The van der Waals surface area contributed by atoms with Crippen molar-refractivity contribution >= 4 is 44.1 Å². The Hall–Kier alpha value is -4.17. The molecule has 1 aliphatic rings. The van der Waals surface area contributed by atoms with Gasteiger partial charge in [0.1, 0.15) is 23.3 Å². The third kappa shape index (κ3) is 3.81. The lowest BCUT2D eigenvalue weighted by Gasteiger charge is -2.24. The first-order valence-corrected chi connectivity index (χ1v) is 11.7. The zero-order valence-electron chi connectivity index (χ0n) is 19.3. The van der Waals surface area contributed by atoms with Gasteiger partial charge in [0.2, 0.25) is 0 Å². The van der Waals surface area contributed by atoms with Crippen LogP contribution in [-0.4, -0.2) is 36.0 Å². The Labute approximate surface area is 205 Å². The third-order valence-corrected chi connectivity index (χ3v) is 7.03. The number of carbonyl (C=O) groups excluding carboxylic acids is 2. The molecule has 3 aromatic carbocycles. The van der Waals surface area contributed by atoms with Crippen molar-refractivity contribution in [2.24, 2.45) is 0 Å². The molecule has 0 unspecified atom stereocenters. The van der Waals surface area contributed by atoms with E-state index in [1.54, 1.807) is 37.4 Å². The van der Waals surface area contributed by atoms with E-state index in [0.29, 0.717) is 33.3 Å². The number of benzene rings is 3. The summed E-state index contributed by atoms with van der Waals surface area (Å²) in [6.45, 7) is 1.93. The van der Waals surface area contributed by atoms with Crippen molar-refractivity contribution < 1.29 is 24.2 Å². The van der Waals surface area contributed by atoms with E-state index >= 15 is 0 Å². The number of fused-ring (bicyclic) bond motifs is 1. The molecule has 35 heavy (non-hydrogen) atoms. The summed E-state index contributed by atoms with van der Waals surface area (Å²) in [6.07, 6.45) is 0. The highest BCUT2D eigenvalue weighted by molar-refractivity contribution is 7.22. The minimum Gasteiger partial charge on any atom is -0.507 e. The number of para-hydroxylation sites is 1. The summed E-state index contributed by atoms with van der Waals surface area (Å²) < 4.78 is 11.8. The van der Waals surface area contributed by atoms with Gasteiger partial charge in [-0.1, -0.05) is 53.3 Å². The van der Waals surface area contributed by atoms with Gasteiger partial charge in [0, 0.05) is 17.2 Å². The molecular weight excluding hydrogens is 464 g/mol. The van der Waals surface area contributed by atoms with Gasteiger partial charge in [0.05, 0.1) is 30.0 Å². The zero-order chi connectivity index (χ0) is 24.7. The minimum atomic E-state index is -0.947. The standard InChI is InChI=1S/C27H22N2O5S/c1-15-8-10-16(11-9-15)24(30)22-23(18-13-12-17(33-2)14-20(18)34-3)29(26(32)25(22)31)27-28-19-6-4-5-7-21(19)35-27/h4-14,23,30H,1-3H3/t23-/m1/s1. The lowest BCUT2D eigenvalue weighted by Crippen LogP contribution is -2.29. The van der Waals surface area contributed by atoms with Gasteiger partial charge in [0.15, 0.2) is 5.13 Å². The molecule has 1 saturated heterocycles. The van der Waals surface area contributed by atoms with Crippen molar-refractivity contribution in [1.29, 1.82) is 0 Å². The van der Waals surface area contributed by atoms with Crippen LogP contribution < -0.4 is 14.4 Å². The summed E-state index contributed by atoms with van der Waals surface area (Å²) in [5.74, 6) is -0.834. The molecular formula is C27H22N2O5S. The molecule has 1 fully saturated rings. The maximum atomic E-state index is 13.4. The molecule has 8 heteroatoms. The second-order valence-electron chi connectivity index (χ2n) is 8.11. The number of hydrogen-bond acceptors (Lipinski definition) is 7. The van der Waals surface area contributed by atoms with Crippen molar-refractivity contribution in [3.8, 4) is 11.5 Å². The number of carbonyl (C=O) groups is 2. The molecule has 1 aromatic heterocycles. The number of anilines is 1. The Balaban J connectivity index is 1.77. The molecule has 5 rings (SSSR count). The van der Waals surface area contributed by atoms with Crippen molar-refractivity contribution in [2.45, 2.75) is 13.0 Å². The summed E-state index contributed by atoms with van der Waals surface area (Å²) in [5, 5.41) is 11.7. The fourth-order valence-corrected chi connectivity index (χ4v) is 5.19. The molecule has 7 nitrogen and oxygen atoms in total. The number of aryl methyl sites for hydroxylation is 1. The van der Waals surface area contributed by atoms with Gasteiger partial charge >= 0.3 is 5.91 Å². The molecule has 0 saturated carbocycles. The lowest BCUT2D eigenvalue weighted by atomic mass is 9.94. The van der Waals surface area contributed by atoms with Gasteiger partial charge in [-0.05, 0) is 31.2 Å². The van der Waals surface area contributed by atoms with Crippen LogP contribution in [0.2, 0.25) is 0 Å². The van der Waals surface area contributed by atoms with E-state index in [4.69, 9.17) is 9.47 Å². The van der Waals surface area contributed by atoms with E-state index in [9.17, 15) is 14.7 Å². The second-order valence-corrected chi connectivity index (χ2v) is 9.12. The van der Waals surface area contributed by atoms with Crippen molar-refractivity contribution in [3.63, 3.8) is 0 Å². The molecule has 0 bridgehead atoms. The number of aromatic nitrogens is 1. The van der Waals surface area contributed by atoms with Gasteiger partial charge in [0.25, 0.3) is 5.78 Å². The summed E-state index contributed by atoms with van der Waals surface area (Å²) in [5.41, 5.74) is 2.66. The van der Waals surface area contributed by atoms with Gasteiger partial charge in [-0.2, -0.15) is 0 Å². The minimum absolute atomic E-state index is 0.0263. The topological polar surface area (TPSA) is 89.0 Å². The van der Waals surface area contributed by atoms with E-state index in [2.05, 4.69) is 4.98 Å². The van der Waals surface area contributed by atoms with E-state index in [-0.39, 0.29) is 11.3 Å². The molecule has 1 atom stereocenters. The molecule has 2 heterocycles. The summed E-state index contributed by atoms with van der Waals surface area (Å²) in [7, 11) is 3.04. The number of methoxy groups -OCH3 is 2. The Morgan fingerprint density at radius 1 is 1.00 bits per heavy atom. The van der Waals surface area contributed by atoms with Gasteiger partial charge in [-0.3, -0.25) is 14.5 Å². The SMILES string of the molecule is COc1ccc([C@@H]2C(=C(O)c3ccc(C)cc3)C(=O)C(=O)N2c2nc3ccccc3s2)c(OC)c1. The smallest absolute Gasteiger partial charge is 0.301 e. The van der Waals surface area contributed by atoms with E-state index in [1.165, 1.54) is 23.3 Å². The third-order valence-electron chi connectivity index (χ3n) is 5.99. The molecule has 0 aliphatic carbocycles. The van der Waals surface area contributed by atoms with Crippen LogP contribution in [0, 0.1) is 6.92 Å². The van der Waals surface area contributed by atoms with Gasteiger partial charge in [-0.15, -0.1) is 0 Å². The van der Waals surface area contributed by atoms with Crippen LogP contribution in [0.15, 0.2) is 72.3 Å². The first-order valence-electron chi connectivity index (χ1n) is 10.9. The molecule has 4 aromatic rings. The predicted molar refractivity (Wildman–Crippen MR) is 135 cm³/mol. The van der Waals surface area contributed by atoms with Crippen LogP contribution >= 0.6 is 11.3 Å². The Bertz CT molecular complexity index is 1460. The summed E-state index contributed by atoms with van der Waals surface area (Å²) in [6, 6.07) is 18.8. The highest BCUT2D eigenvalue weighted by atomic mass is 32.1. The maximum absolute atomic E-state index is 13.4. The van der Waals surface area contributed by atoms with E-state index in [0.717, 1.165) is 10.3 Å². The van der Waals surface area contributed by atoms with Crippen LogP contribution in [0.3, 0.4) is 0 Å². The second kappa shape index (κ2) is 8.88. The number of hydrogen-bond donors (Lipinski definition) is 1. The molecule has 1 aliphatic heterocycles. The molecule has 1 N–H and O–H groups in total. The number of ketones is 1. The fourth-order valence-electron chi connectivity index (χ4n) is 4.20. The van der Waals surface area contributed by atoms with Gasteiger partial charge < -0.3 is 14.6 Å². The average Bonchev–Trinajstić information content (AvgIpc) is 3.42. The molecule has 176 valence electrons. The summed E-state index contributed by atoms with van der Waals surface area (Å²) in [4.78, 5) is 32.8. The first-order chi connectivity index (χ1) is 16.9. The maximum Gasteiger partial charge on any atom is 0.301 e. The number of aliphatic hydroxyl groups is 1. The van der Waals surface area contributed by atoms with Crippen LogP contribution in [0.4, 0.5) is 5.13 Å². The van der Waals surface area contributed by atoms with Crippen LogP contribution in [0.1, 0.15) is 22.7 Å². The fraction of sp³-hybridized carbons (Fsp3) is 0.148. The van der Waals surface area contributed by atoms with E-state index in [1.807, 2.05) is 43.3 Å². The van der Waals surface area contributed by atoms with E-state index < -0.39 is 17.7 Å². The average molecular weight is 487 g/mol. The monoisotopic (exact) mass is 486 g/mol. The van der Waals surface area contributed by atoms with Crippen molar-refractivity contribution in [2.75, 3.05) is 19.1 Å². The Morgan fingerprint density at radius 2 is 1.74 bits per heavy atom. The first kappa shape index (κ1) is 22.6. The Morgan fingerprint density at radius 3 is 2.43 bits per heavy atom. The number of rotatable bonds is 5. The number of ether oxygens (including phenoxy) is 2. The summed E-state index contributed by atoms with van der Waals surface area (Å²) >= 11 is 1.30. The zero-order valence-corrected chi connectivity index (χ0v) is 20.1. The molecule has 0 radical (unpaired) electrons. The van der Waals surface area contributed by atoms with Crippen LogP contribution in [0.5, 0.6) is 11.5 Å². The van der Waals surface area contributed by atoms with Gasteiger partial charge in [-0.25, -0.2) is 4.98 Å². The highest BCUT2D eigenvalue weighted by Gasteiger charge is 2.49. The quantitative estimate of drug-likeness (QED) is 0.236. The number of thiazole rings is 1. The molecule has 1 amide bonds. The number of nitrogens with zero attached hydrogens (tertiary/aromatic N) is 2. The highest BCUT2D eigenvalue weighted by Crippen LogP contribution is 2.47. The Kier molecular flexibility index (Phi) is 5.74. The van der Waals surface area contributed by atoms with Crippen LogP contribution in [-0.2, 0) is 9.59 Å². The van der Waals surface area contributed by atoms with Crippen molar-refractivity contribution in [1.82, 2.24) is 4.98 Å². The molecule has 0 spiro atoms. The predicted octanol–water partition coefficient (Wildman–Crippen LogP) is 5.25. The van der Waals surface area contributed by atoms with Crippen LogP contribution in [0.25, 0.3) is 16.0 Å².